The van der Waals surface area contributed by atoms with E-state index in [2.05, 4.69) is 18.9 Å². The Hall–Kier alpha value is 0.425. The Labute approximate surface area is 128 Å². The minimum Gasteiger partial charge on any atom is -0.379 e. The van der Waals surface area contributed by atoms with E-state index < -0.39 is 6.87 Å². The fourth-order valence-corrected chi connectivity index (χ4v) is 3.04. The summed E-state index contributed by atoms with van der Waals surface area (Å²) in [7, 11) is 6.44. The molecule has 1 saturated heterocycles. The van der Waals surface area contributed by atoms with Crippen LogP contribution in [0.3, 0.4) is 0 Å². The molecular formula is C12H27BClN2O3P. The maximum absolute atomic E-state index is 11.9. The first-order chi connectivity index (χ1) is 9.35. The van der Waals surface area contributed by atoms with E-state index in [-0.39, 0.29) is 18.7 Å². The topological polar surface area (TPSA) is 42.0 Å². The minimum absolute atomic E-state index is 0.0626. The lowest BCUT2D eigenvalue weighted by Gasteiger charge is -2.36. The third kappa shape index (κ3) is 6.46. The van der Waals surface area contributed by atoms with Crippen LogP contribution in [0.2, 0.25) is 6.32 Å². The van der Waals surface area contributed by atoms with Crippen molar-refractivity contribution in [2.24, 2.45) is 0 Å². The van der Waals surface area contributed by atoms with Gasteiger partial charge in [-0.05, 0) is 32.4 Å². The zero-order valence-corrected chi connectivity index (χ0v) is 14.7. The Balaban J connectivity index is 2.39. The molecule has 1 fully saturated rings. The molecule has 8 heteroatoms. The third-order valence-electron chi connectivity index (χ3n) is 3.44. The Morgan fingerprint density at radius 3 is 2.80 bits per heavy atom. The average Bonchev–Trinajstić information content (AvgIpc) is 2.36. The van der Waals surface area contributed by atoms with Crippen LogP contribution in [0.1, 0.15) is 19.8 Å². The molecule has 1 rings (SSSR count). The van der Waals surface area contributed by atoms with Crippen molar-refractivity contribution in [3.8, 4) is 0 Å². The predicted molar refractivity (Wildman–Crippen MR) is 86.1 cm³/mol. The van der Waals surface area contributed by atoms with Crippen LogP contribution in [0, 0.1) is 0 Å². The van der Waals surface area contributed by atoms with E-state index >= 15 is 0 Å². The highest BCUT2D eigenvalue weighted by Crippen LogP contribution is 2.54. The van der Waals surface area contributed by atoms with Crippen molar-refractivity contribution in [3.63, 3.8) is 0 Å². The zero-order valence-electron chi connectivity index (χ0n) is 13.0. The van der Waals surface area contributed by atoms with Crippen molar-refractivity contribution < 1.29 is 13.8 Å². The fraction of sp³-hybridized carbons (Fsp3) is 1.00. The van der Waals surface area contributed by atoms with Crippen LogP contribution in [0.15, 0.2) is 0 Å². The van der Waals surface area contributed by atoms with Gasteiger partial charge in [0.2, 0.25) is 0 Å². The molecule has 1 aliphatic heterocycles. The second kappa shape index (κ2) is 8.77. The number of rotatable bonds is 8. The van der Waals surface area contributed by atoms with E-state index in [4.69, 9.17) is 20.5 Å². The van der Waals surface area contributed by atoms with Crippen LogP contribution in [-0.4, -0.2) is 69.8 Å². The van der Waals surface area contributed by atoms with Crippen molar-refractivity contribution in [1.29, 1.82) is 0 Å². The van der Waals surface area contributed by atoms with Crippen LogP contribution in [0.25, 0.3) is 0 Å². The Bertz CT molecular complexity index is 336. The van der Waals surface area contributed by atoms with Crippen molar-refractivity contribution in [2.45, 2.75) is 38.2 Å². The lowest BCUT2D eigenvalue weighted by Crippen LogP contribution is -2.49. The molecule has 1 heterocycles. The molecule has 3 atom stereocenters. The summed E-state index contributed by atoms with van der Waals surface area (Å²) in [6, 6.07) is 0.239. The molecule has 0 spiro atoms. The molecule has 0 aliphatic carbocycles. The highest BCUT2D eigenvalue weighted by Gasteiger charge is 2.30. The van der Waals surface area contributed by atoms with Crippen LogP contribution in [0.5, 0.6) is 0 Å². The van der Waals surface area contributed by atoms with Gasteiger partial charge in [0, 0.05) is 19.1 Å². The molecule has 0 bridgehead atoms. The molecule has 20 heavy (non-hydrogen) atoms. The van der Waals surface area contributed by atoms with E-state index in [9.17, 15) is 4.57 Å². The standard InChI is InChI=1S/C12H27BClN2O3P/c1-5-6-7-13-12-9-16(4)8-11(19-12)10-18-20(14,17)15(2)3/h11-13H,5-10H2,1-4H3. The second-order valence-corrected chi connectivity index (χ2v) is 8.93. The van der Waals surface area contributed by atoms with Crippen molar-refractivity contribution >= 4 is 25.4 Å². The van der Waals surface area contributed by atoms with E-state index in [0.717, 1.165) is 20.4 Å². The minimum atomic E-state index is -3.19. The number of ether oxygens (including phenoxy) is 1. The van der Waals surface area contributed by atoms with Crippen molar-refractivity contribution in [2.75, 3.05) is 40.8 Å². The number of morpholine rings is 1. The number of hydrogen-bond donors (Lipinski definition) is 0. The number of halogens is 1. The monoisotopic (exact) mass is 324 g/mol. The molecule has 118 valence electrons. The van der Waals surface area contributed by atoms with Gasteiger partial charge in [-0.2, -0.15) is 0 Å². The van der Waals surface area contributed by atoms with Gasteiger partial charge in [-0.1, -0.05) is 26.1 Å². The fourth-order valence-electron chi connectivity index (χ4n) is 2.29. The molecular weight excluding hydrogens is 297 g/mol. The molecule has 0 radical (unpaired) electrons. The Morgan fingerprint density at radius 1 is 1.50 bits per heavy atom. The first-order valence-electron chi connectivity index (χ1n) is 7.31. The largest absolute Gasteiger partial charge is 0.379 e. The summed E-state index contributed by atoms with van der Waals surface area (Å²) in [5, 5.41) is 0. The summed E-state index contributed by atoms with van der Waals surface area (Å²) in [6.45, 7) is 1.02. The van der Waals surface area contributed by atoms with Gasteiger partial charge in [0.05, 0.1) is 12.7 Å². The van der Waals surface area contributed by atoms with Gasteiger partial charge in [-0.15, -0.1) is 0 Å². The van der Waals surface area contributed by atoms with E-state index in [1.165, 1.54) is 23.8 Å². The van der Waals surface area contributed by atoms with Crippen LogP contribution in [0.4, 0.5) is 0 Å². The molecule has 0 aromatic rings. The first kappa shape index (κ1) is 18.5. The molecule has 0 N–H and O–H groups in total. The maximum Gasteiger partial charge on any atom is 0.362 e. The van der Waals surface area contributed by atoms with Gasteiger partial charge in [0.25, 0.3) is 0 Å². The average molecular weight is 325 g/mol. The SMILES string of the molecule is CCCCBC1CN(C)CC(COP(=O)(Cl)N(C)C)O1. The summed E-state index contributed by atoms with van der Waals surface area (Å²) in [5.74, 6) is 0. The van der Waals surface area contributed by atoms with Gasteiger partial charge in [-0.25, -0.2) is 4.67 Å². The van der Waals surface area contributed by atoms with Crippen LogP contribution in [-0.2, 0) is 13.8 Å². The molecule has 1 aliphatic rings. The van der Waals surface area contributed by atoms with Gasteiger partial charge in [0.15, 0.2) is 7.28 Å². The summed E-state index contributed by atoms with van der Waals surface area (Å²) in [5.41, 5.74) is 0. The third-order valence-corrected chi connectivity index (χ3v) is 6.07. The first-order valence-corrected chi connectivity index (χ1v) is 9.79. The van der Waals surface area contributed by atoms with Gasteiger partial charge in [0.1, 0.15) is 0 Å². The van der Waals surface area contributed by atoms with E-state index in [1.54, 1.807) is 14.1 Å². The normalized spacial score (nSPS) is 27.5. The predicted octanol–water partition coefficient (Wildman–Crippen LogP) is 2.22. The zero-order chi connectivity index (χ0) is 15.2. The number of unbranched alkanes of at least 4 members (excludes halogenated alkanes) is 1. The van der Waals surface area contributed by atoms with Crippen LogP contribution >= 0.6 is 18.1 Å². The molecule has 0 saturated carbocycles. The number of likely N-dealkylation sites (N-methyl/N-ethyl adjacent to an activating group) is 1. The van der Waals surface area contributed by atoms with Crippen molar-refractivity contribution in [3.05, 3.63) is 0 Å². The van der Waals surface area contributed by atoms with Crippen molar-refractivity contribution in [1.82, 2.24) is 9.57 Å². The summed E-state index contributed by atoms with van der Waals surface area (Å²) >= 11 is 5.86. The summed E-state index contributed by atoms with van der Waals surface area (Å²) < 4.78 is 24.7. The molecule has 0 aromatic carbocycles. The Kier molecular flexibility index (Phi) is 8.10. The summed E-state index contributed by atoms with van der Waals surface area (Å²) in [4.78, 5) is 2.24. The Morgan fingerprint density at radius 2 is 2.20 bits per heavy atom. The molecule has 0 aromatic heterocycles. The maximum atomic E-state index is 11.9. The number of hydrogen-bond acceptors (Lipinski definition) is 4. The van der Waals surface area contributed by atoms with Gasteiger partial charge >= 0.3 is 6.87 Å². The van der Waals surface area contributed by atoms with Gasteiger partial charge in [-0.3, -0.25) is 4.57 Å². The van der Waals surface area contributed by atoms with Crippen LogP contribution < -0.4 is 0 Å². The van der Waals surface area contributed by atoms with E-state index in [0.29, 0.717) is 0 Å². The highest BCUT2D eigenvalue weighted by atomic mass is 35.7. The smallest absolute Gasteiger partial charge is 0.362 e. The lowest BCUT2D eigenvalue weighted by atomic mass is 9.66. The number of nitrogens with zero attached hydrogens (tertiary/aromatic N) is 2. The van der Waals surface area contributed by atoms with E-state index in [1.807, 2.05) is 0 Å². The lowest BCUT2D eigenvalue weighted by molar-refractivity contribution is -0.0611. The molecule has 0 amide bonds. The molecule has 3 unspecified atom stereocenters. The quantitative estimate of drug-likeness (QED) is 0.389. The second-order valence-electron chi connectivity index (χ2n) is 5.69. The summed E-state index contributed by atoms with van der Waals surface area (Å²) in [6.07, 6.45) is 3.58. The van der Waals surface area contributed by atoms with Gasteiger partial charge < -0.3 is 14.2 Å². The molecule has 5 nitrogen and oxygen atoms in total. The highest BCUT2D eigenvalue weighted by molar-refractivity contribution is 7.83.